The van der Waals surface area contributed by atoms with E-state index in [0.717, 1.165) is 16.5 Å². The van der Waals surface area contributed by atoms with Gasteiger partial charge in [-0.1, -0.05) is 55.7 Å². The molecule has 3 nitrogen and oxygen atoms in total. The Kier molecular flexibility index (Phi) is 5.34. The summed E-state index contributed by atoms with van der Waals surface area (Å²) >= 11 is 0. The third-order valence-corrected chi connectivity index (χ3v) is 6.05. The number of benzene rings is 2. The molecule has 3 aromatic rings. The molecule has 1 saturated carbocycles. The van der Waals surface area contributed by atoms with Gasteiger partial charge in [0.1, 0.15) is 0 Å². The van der Waals surface area contributed by atoms with Crippen LogP contribution in [0.3, 0.4) is 0 Å². The Bertz CT molecular complexity index is 994. The number of rotatable bonds is 5. The molecule has 0 saturated heterocycles. The molecule has 0 aliphatic heterocycles. The molecule has 1 fully saturated rings. The van der Waals surface area contributed by atoms with Crippen LogP contribution in [-0.2, 0) is 4.79 Å². The largest absolute Gasteiger partial charge is 0.478 e. The lowest BCUT2D eigenvalue weighted by Gasteiger charge is -2.32. The van der Waals surface area contributed by atoms with Crippen LogP contribution in [0.15, 0.2) is 66.9 Å². The van der Waals surface area contributed by atoms with E-state index in [1.807, 2.05) is 13.0 Å². The molecule has 2 aromatic carbocycles. The molecule has 4 rings (SSSR count). The van der Waals surface area contributed by atoms with Crippen LogP contribution in [0.2, 0.25) is 0 Å². The smallest absolute Gasteiger partial charge is 0.328 e. The zero-order chi connectivity index (χ0) is 19.5. The van der Waals surface area contributed by atoms with Gasteiger partial charge in [0.05, 0.1) is 6.04 Å². The summed E-state index contributed by atoms with van der Waals surface area (Å²) in [5.41, 5.74) is 4.32. The average molecular weight is 373 g/mol. The van der Waals surface area contributed by atoms with Crippen molar-refractivity contribution >= 4 is 22.4 Å². The molecule has 0 amide bonds. The summed E-state index contributed by atoms with van der Waals surface area (Å²) in [6.45, 7) is 1.85. The predicted molar refractivity (Wildman–Crippen MR) is 114 cm³/mol. The third-order valence-electron chi connectivity index (χ3n) is 6.05. The topological polar surface area (TPSA) is 42.2 Å². The van der Waals surface area contributed by atoms with Crippen LogP contribution in [0.25, 0.3) is 16.5 Å². The van der Waals surface area contributed by atoms with Crippen molar-refractivity contribution < 1.29 is 9.90 Å². The number of allylic oxidation sites excluding steroid dienone is 1. The monoisotopic (exact) mass is 373 g/mol. The number of hydrogen-bond acceptors (Lipinski definition) is 1. The second-order valence-corrected chi connectivity index (χ2v) is 7.92. The van der Waals surface area contributed by atoms with E-state index in [0.29, 0.717) is 12.0 Å². The zero-order valence-electron chi connectivity index (χ0n) is 16.3. The Balaban J connectivity index is 1.77. The second kappa shape index (κ2) is 8.05. The van der Waals surface area contributed by atoms with Gasteiger partial charge < -0.3 is 9.67 Å². The molecule has 0 radical (unpaired) electrons. The minimum atomic E-state index is -0.906. The molecular formula is C25H27NO2. The number of hydrogen-bond donors (Lipinski definition) is 1. The molecule has 1 unspecified atom stereocenters. The van der Waals surface area contributed by atoms with Crippen LogP contribution in [0.1, 0.15) is 56.2 Å². The van der Waals surface area contributed by atoms with Crippen LogP contribution in [-0.4, -0.2) is 15.6 Å². The van der Waals surface area contributed by atoms with Gasteiger partial charge in [-0.15, -0.1) is 0 Å². The van der Waals surface area contributed by atoms with Gasteiger partial charge in [0.15, 0.2) is 0 Å². The zero-order valence-corrected chi connectivity index (χ0v) is 16.3. The van der Waals surface area contributed by atoms with Gasteiger partial charge in [0, 0.05) is 23.2 Å². The molecule has 28 heavy (non-hydrogen) atoms. The van der Waals surface area contributed by atoms with E-state index in [4.69, 9.17) is 5.11 Å². The normalized spacial score (nSPS) is 17.0. The number of carboxylic acids is 1. The first-order valence-electron chi connectivity index (χ1n) is 10.2. The van der Waals surface area contributed by atoms with Crippen LogP contribution in [0.5, 0.6) is 0 Å². The third kappa shape index (κ3) is 3.75. The lowest BCUT2D eigenvalue weighted by atomic mass is 9.81. The maximum atomic E-state index is 11.0. The van der Waals surface area contributed by atoms with Crippen molar-refractivity contribution in [3.8, 4) is 0 Å². The molecule has 1 atom stereocenters. The molecule has 1 aliphatic rings. The van der Waals surface area contributed by atoms with Gasteiger partial charge in [-0.3, -0.25) is 0 Å². The average Bonchev–Trinajstić information content (AvgIpc) is 3.12. The first-order valence-corrected chi connectivity index (χ1v) is 10.2. The summed E-state index contributed by atoms with van der Waals surface area (Å²) < 4.78 is 2.43. The Morgan fingerprint density at radius 2 is 1.82 bits per heavy atom. The SMILES string of the molecule is C/C(=C\C(=O)O)c1ccc2c(ccn2C(c2ccccc2)C2CCCCC2)c1. The summed E-state index contributed by atoms with van der Waals surface area (Å²) in [7, 11) is 0. The van der Waals surface area contributed by atoms with E-state index in [9.17, 15) is 4.79 Å². The van der Waals surface area contributed by atoms with E-state index in [1.54, 1.807) is 0 Å². The lowest BCUT2D eigenvalue weighted by Crippen LogP contribution is -2.22. The quantitative estimate of drug-likeness (QED) is 0.533. The van der Waals surface area contributed by atoms with E-state index in [2.05, 4.69) is 59.3 Å². The van der Waals surface area contributed by atoms with E-state index < -0.39 is 5.97 Å². The van der Waals surface area contributed by atoms with Crippen molar-refractivity contribution in [2.45, 2.75) is 45.1 Å². The summed E-state index contributed by atoms with van der Waals surface area (Å²) in [4.78, 5) is 11.0. The second-order valence-electron chi connectivity index (χ2n) is 7.92. The highest BCUT2D eigenvalue weighted by Gasteiger charge is 2.27. The molecule has 144 valence electrons. The van der Waals surface area contributed by atoms with Crippen molar-refractivity contribution in [3.63, 3.8) is 0 Å². The van der Waals surface area contributed by atoms with E-state index in [-0.39, 0.29) is 0 Å². The van der Waals surface area contributed by atoms with Crippen molar-refractivity contribution in [1.29, 1.82) is 0 Å². The molecule has 1 N–H and O–H groups in total. The van der Waals surface area contributed by atoms with Crippen LogP contribution < -0.4 is 0 Å². The van der Waals surface area contributed by atoms with Gasteiger partial charge in [-0.05, 0) is 60.6 Å². The predicted octanol–water partition coefficient (Wildman–Crippen LogP) is 6.30. The minimum Gasteiger partial charge on any atom is -0.478 e. The van der Waals surface area contributed by atoms with Crippen molar-refractivity contribution in [3.05, 3.63) is 78.0 Å². The number of carboxylic acid groups (broad SMARTS) is 1. The highest BCUT2D eigenvalue weighted by Crippen LogP contribution is 2.39. The number of nitrogens with zero attached hydrogens (tertiary/aromatic N) is 1. The van der Waals surface area contributed by atoms with Crippen LogP contribution in [0, 0.1) is 5.92 Å². The Morgan fingerprint density at radius 3 is 2.54 bits per heavy atom. The number of aliphatic carboxylic acids is 1. The van der Waals surface area contributed by atoms with Crippen LogP contribution in [0.4, 0.5) is 0 Å². The van der Waals surface area contributed by atoms with Gasteiger partial charge >= 0.3 is 5.97 Å². The fourth-order valence-corrected chi connectivity index (χ4v) is 4.68. The van der Waals surface area contributed by atoms with Gasteiger partial charge in [0.25, 0.3) is 0 Å². The van der Waals surface area contributed by atoms with Crippen LogP contribution >= 0.6 is 0 Å². The van der Waals surface area contributed by atoms with Gasteiger partial charge in [-0.25, -0.2) is 4.79 Å². The molecule has 0 spiro atoms. The number of aromatic nitrogens is 1. The van der Waals surface area contributed by atoms with Crippen molar-refractivity contribution in [1.82, 2.24) is 4.57 Å². The molecule has 1 aromatic heterocycles. The Hall–Kier alpha value is -2.81. The van der Waals surface area contributed by atoms with E-state index >= 15 is 0 Å². The number of fused-ring (bicyclic) bond motifs is 1. The fraction of sp³-hybridized carbons (Fsp3) is 0.320. The standard InChI is InChI=1S/C25H27NO2/c1-18(16-24(27)28)21-12-13-23-22(17-21)14-15-26(23)25(19-8-4-2-5-9-19)20-10-6-3-7-11-20/h2,4-5,8-9,12-17,20,25H,3,6-7,10-11H2,1H3,(H,27,28)/b18-16+. The first-order chi connectivity index (χ1) is 13.6. The summed E-state index contributed by atoms with van der Waals surface area (Å²) in [5.74, 6) is -0.253. The molecule has 1 heterocycles. The maximum Gasteiger partial charge on any atom is 0.328 e. The van der Waals surface area contributed by atoms with Gasteiger partial charge in [0.2, 0.25) is 0 Å². The summed E-state index contributed by atoms with van der Waals surface area (Å²) in [5, 5.41) is 10.2. The van der Waals surface area contributed by atoms with Gasteiger partial charge in [-0.2, -0.15) is 0 Å². The molecule has 1 aliphatic carbocycles. The Morgan fingerprint density at radius 1 is 1.07 bits per heavy atom. The number of carbonyl (C=O) groups is 1. The minimum absolute atomic E-state index is 0.348. The van der Waals surface area contributed by atoms with Crippen molar-refractivity contribution in [2.75, 3.05) is 0 Å². The highest BCUT2D eigenvalue weighted by atomic mass is 16.4. The summed E-state index contributed by atoms with van der Waals surface area (Å²) in [6.07, 6.45) is 10.0. The van der Waals surface area contributed by atoms with E-state index in [1.165, 1.54) is 49.3 Å². The molecule has 3 heteroatoms. The summed E-state index contributed by atoms with van der Waals surface area (Å²) in [6, 6.07) is 19.6. The molecule has 0 bridgehead atoms. The Labute approximate surface area is 166 Å². The van der Waals surface area contributed by atoms with Crippen molar-refractivity contribution in [2.24, 2.45) is 5.92 Å². The lowest BCUT2D eigenvalue weighted by molar-refractivity contribution is -0.131. The highest BCUT2D eigenvalue weighted by molar-refractivity contribution is 5.92. The first kappa shape index (κ1) is 18.5. The fourth-order valence-electron chi connectivity index (χ4n) is 4.68. The maximum absolute atomic E-state index is 11.0. The molecular weight excluding hydrogens is 346 g/mol.